The summed E-state index contributed by atoms with van der Waals surface area (Å²) in [5.41, 5.74) is 3.78. The largest absolute Gasteiger partial charge is 0.380 e. The summed E-state index contributed by atoms with van der Waals surface area (Å²) >= 11 is 0. The van der Waals surface area contributed by atoms with Gasteiger partial charge in [0.05, 0.1) is 12.3 Å². The molecule has 0 unspecified atom stereocenters. The molecule has 0 aliphatic rings. The van der Waals surface area contributed by atoms with Gasteiger partial charge in [0, 0.05) is 45.2 Å². The Labute approximate surface area is 193 Å². The van der Waals surface area contributed by atoms with Gasteiger partial charge in [0.1, 0.15) is 5.82 Å². The van der Waals surface area contributed by atoms with Gasteiger partial charge in [-0.3, -0.25) is 4.99 Å². The van der Waals surface area contributed by atoms with Crippen LogP contribution in [0.4, 0.5) is 4.39 Å². The molecule has 0 saturated heterocycles. The molecule has 3 aromatic rings. The van der Waals surface area contributed by atoms with Crippen molar-refractivity contribution in [2.75, 3.05) is 20.7 Å². The third kappa shape index (κ3) is 6.81. The van der Waals surface area contributed by atoms with Gasteiger partial charge in [-0.1, -0.05) is 18.2 Å². The first-order valence-electron chi connectivity index (χ1n) is 9.49. The van der Waals surface area contributed by atoms with Crippen molar-refractivity contribution in [3.8, 4) is 5.69 Å². The molecule has 0 aliphatic heterocycles. The molecule has 8 heteroatoms. The molecule has 0 fully saturated rings. The Bertz CT molecular complexity index is 929. The lowest BCUT2D eigenvalue weighted by Crippen LogP contribution is -2.37. The van der Waals surface area contributed by atoms with Gasteiger partial charge in [-0.25, -0.2) is 9.07 Å². The molecule has 0 atom stereocenters. The Morgan fingerprint density at radius 3 is 2.57 bits per heavy atom. The third-order valence-electron chi connectivity index (χ3n) is 4.50. The van der Waals surface area contributed by atoms with Crippen LogP contribution in [0.15, 0.2) is 65.9 Å². The van der Waals surface area contributed by atoms with E-state index in [2.05, 4.69) is 45.0 Å². The second-order valence-electron chi connectivity index (χ2n) is 6.58. The van der Waals surface area contributed by atoms with Crippen LogP contribution < -0.4 is 10.6 Å². The number of rotatable bonds is 8. The zero-order chi connectivity index (χ0) is 20.5. The minimum Gasteiger partial charge on any atom is -0.380 e. The molecule has 0 aliphatic carbocycles. The second kappa shape index (κ2) is 12.3. The molecule has 2 N–H and O–H groups in total. The summed E-state index contributed by atoms with van der Waals surface area (Å²) in [7, 11) is 3.29. The summed E-state index contributed by atoms with van der Waals surface area (Å²) in [6, 6.07) is 15.3. The van der Waals surface area contributed by atoms with E-state index in [4.69, 9.17) is 4.74 Å². The summed E-state index contributed by atoms with van der Waals surface area (Å²) in [5.74, 6) is 0.451. The predicted molar refractivity (Wildman–Crippen MR) is 128 cm³/mol. The van der Waals surface area contributed by atoms with E-state index < -0.39 is 0 Å². The lowest BCUT2D eigenvalue weighted by atomic mass is 10.1. The average Bonchev–Trinajstić information content (AvgIpc) is 3.28. The smallest absolute Gasteiger partial charge is 0.191 e. The number of benzene rings is 2. The Kier molecular flexibility index (Phi) is 9.75. The molecule has 30 heavy (non-hydrogen) atoms. The van der Waals surface area contributed by atoms with Crippen LogP contribution in [0.25, 0.3) is 5.69 Å². The molecule has 1 aromatic heterocycles. The van der Waals surface area contributed by atoms with Crippen molar-refractivity contribution in [2.45, 2.75) is 19.6 Å². The first kappa shape index (κ1) is 23.8. The van der Waals surface area contributed by atoms with E-state index in [1.54, 1.807) is 32.5 Å². The van der Waals surface area contributed by atoms with Crippen molar-refractivity contribution in [1.29, 1.82) is 0 Å². The summed E-state index contributed by atoms with van der Waals surface area (Å²) in [6.45, 7) is 1.56. The molecular formula is C22H27FIN5O. The van der Waals surface area contributed by atoms with Crippen molar-refractivity contribution in [3.63, 3.8) is 0 Å². The maximum Gasteiger partial charge on any atom is 0.191 e. The highest BCUT2D eigenvalue weighted by Crippen LogP contribution is 2.12. The minimum atomic E-state index is -0.253. The topological polar surface area (TPSA) is 63.5 Å². The highest BCUT2D eigenvalue weighted by Gasteiger charge is 2.05. The number of hydrogen-bond donors (Lipinski definition) is 2. The van der Waals surface area contributed by atoms with E-state index in [0.29, 0.717) is 18.1 Å². The van der Waals surface area contributed by atoms with Crippen LogP contribution in [0.5, 0.6) is 0 Å². The van der Waals surface area contributed by atoms with Crippen molar-refractivity contribution >= 4 is 29.9 Å². The summed E-state index contributed by atoms with van der Waals surface area (Å²) in [5, 5.41) is 10.8. The van der Waals surface area contributed by atoms with Gasteiger partial charge in [0.2, 0.25) is 0 Å². The maximum absolute atomic E-state index is 13.7. The molecule has 0 bridgehead atoms. The fraction of sp³-hybridized carbons (Fsp3) is 0.273. The lowest BCUT2D eigenvalue weighted by Gasteiger charge is -2.13. The van der Waals surface area contributed by atoms with Crippen molar-refractivity contribution < 1.29 is 9.13 Å². The molecular weight excluding hydrogens is 496 g/mol. The van der Waals surface area contributed by atoms with Crippen LogP contribution >= 0.6 is 24.0 Å². The number of ether oxygens (including phenoxy) is 1. The highest BCUT2D eigenvalue weighted by atomic mass is 127. The predicted octanol–water partition coefficient (Wildman–Crippen LogP) is 3.68. The van der Waals surface area contributed by atoms with Gasteiger partial charge in [-0.2, -0.15) is 5.10 Å². The first-order chi connectivity index (χ1) is 14.2. The number of nitrogens with one attached hydrogen (secondary N) is 2. The Balaban J connectivity index is 0.00000320. The zero-order valence-electron chi connectivity index (χ0n) is 17.1. The minimum absolute atomic E-state index is 0. The molecule has 2 aromatic carbocycles. The van der Waals surface area contributed by atoms with Crippen LogP contribution in [0.1, 0.15) is 16.7 Å². The summed E-state index contributed by atoms with van der Waals surface area (Å²) in [4.78, 5) is 4.24. The Hall–Kier alpha value is -2.46. The van der Waals surface area contributed by atoms with Gasteiger partial charge in [-0.15, -0.1) is 24.0 Å². The molecule has 160 valence electrons. The monoisotopic (exact) mass is 523 g/mol. The normalized spacial score (nSPS) is 11.1. The number of halogens is 2. The third-order valence-corrected chi connectivity index (χ3v) is 4.50. The van der Waals surface area contributed by atoms with Gasteiger partial charge in [0.15, 0.2) is 5.96 Å². The van der Waals surface area contributed by atoms with Crippen molar-refractivity contribution in [3.05, 3.63) is 83.4 Å². The standard InChI is InChI=1S/C22H26FN5O.HI/c1-24-22(26-15-18-6-9-21(23)19(14-18)16-29-2)25-12-10-17-4-7-20(8-5-17)28-13-3-11-27-28;/h3-9,11,13-14H,10,12,15-16H2,1-2H3,(H2,24,25,26);1H. The van der Waals surface area contributed by atoms with E-state index in [1.807, 2.05) is 16.9 Å². The van der Waals surface area contributed by atoms with Crippen LogP contribution in [-0.4, -0.2) is 36.4 Å². The quantitative estimate of drug-likeness (QED) is 0.269. The van der Waals surface area contributed by atoms with E-state index in [9.17, 15) is 4.39 Å². The number of aromatic nitrogens is 2. The number of nitrogens with zero attached hydrogens (tertiary/aromatic N) is 3. The van der Waals surface area contributed by atoms with Crippen LogP contribution in [-0.2, 0) is 24.3 Å². The number of hydrogen-bond acceptors (Lipinski definition) is 3. The fourth-order valence-corrected chi connectivity index (χ4v) is 2.97. The second-order valence-corrected chi connectivity index (χ2v) is 6.58. The van der Waals surface area contributed by atoms with Gasteiger partial charge >= 0.3 is 0 Å². The highest BCUT2D eigenvalue weighted by molar-refractivity contribution is 14.0. The Morgan fingerprint density at radius 2 is 1.90 bits per heavy atom. The molecule has 0 amide bonds. The zero-order valence-corrected chi connectivity index (χ0v) is 19.5. The van der Waals surface area contributed by atoms with E-state index >= 15 is 0 Å². The number of methoxy groups -OCH3 is 1. The lowest BCUT2D eigenvalue weighted by molar-refractivity contribution is 0.181. The van der Waals surface area contributed by atoms with Crippen LogP contribution in [0.3, 0.4) is 0 Å². The van der Waals surface area contributed by atoms with Gasteiger partial charge in [0.25, 0.3) is 0 Å². The summed E-state index contributed by atoms with van der Waals surface area (Å²) < 4.78 is 20.6. The maximum atomic E-state index is 13.7. The van der Waals surface area contributed by atoms with Crippen molar-refractivity contribution in [2.24, 2.45) is 4.99 Å². The van der Waals surface area contributed by atoms with Gasteiger partial charge < -0.3 is 15.4 Å². The fourth-order valence-electron chi connectivity index (χ4n) is 2.97. The molecule has 0 saturated carbocycles. The van der Waals surface area contributed by atoms with Gasteiger partial charge in [-0.05, 0) is 47.9 Å². The first-order valence-corrected chi connectivity index (χ1v) is 9.49. The summed E-state index contributed by atoms with van der Waals surface area (Å²) in [6.07, 6.45) is 4.56. The van der Waals surface area contributed by atoms with Crippen LogP contribution in [0.2, 0.25) is 0 Å². The van der Waals surface area contributed by atoms with Crippen molar-refractivity contribution in [1.82, 2.24) is 20.4 Å². The molecule has 6 nitrogen and oxygen atoms in total. The number of guanidine groups is 1. The van der Waals surface area contributed by atoms with Crippen LogP contribution in [0, 0.1) is 5.82 Å². The molecule has 0 radical (unpaired) electrons. The van der Waals surface area contributed by atoms with E-state index in [-0.39, 0.29) is 36.4 Å². The van der Waals surface area contributed by atoms with E-state index in [1.165, 1.54) is 11.6 Å². The Morgan fingerprint density at radius 1 is 1.13 bits per heavy atom. The molecule has 1 heterocycles. The number of aliphatic imine (C=N–C) groups is 1. The average molecular weight is 523 g/mol. The molecule has 0 spiro atoms. The van der Waals surface area contributed by atoms with E-state index in [0.717, 1.165) is 24.2 Å². The molecule has 3 rings (SSSR count). The SMILES string of the molecule is CN=C(NCCc1ccc(-n2cccn2)cc1)NCc1ccc(F)c(COC)c1.I.